The summed E-state index contributed by atoms with van der Waals surface area (Å²) >= 11 is 0. The zero-order valence-corrected chi connectivity index (χ0v) is 18.8. The van der Waals surface area contributed by atoms with Crippen LogP contribution in [-0.4, -0.2) is 61.3 Å². The topological polar surface area (TPSA) is 86.8 Å². The van der Waals surface area contributed by atoms with E-state index < -0.39 is 5.91 Å². The predicted octanol–water partition coefficient (Wildman–Crippen LogP) is 3.02. The standard InChI is InChI=1S/C24H33N3O4/c1-4-6-20-22(18-7-9-19(10-8-18)24(29)30-3)21(23(25)28)17(2)27(20)12-5-11-26-13-15-31-16-14-26/h7-10H,4-6,11-16H2,1-3H3,(H2,25,28). The molecule has 0 aliphatic carbocycles. The Morgan fingerprint density at radius 3 is 2.39 bits per heavy atom. The van der Waals surface area contributed by atoms with Crippen molar-refractivity contribution in [3.05, 3.63) is 46.8 Å². The number of ether oxygens (including phenoxy) is 2. The van der Waals surface area contributed by atoms with E-state index in [1.807, 2.05) is 19.1 Å². The summed E-state index contributed by atoms with van der Waals surface area (Å²) in [7, 11) is 1.36. The monoisotopic (exact) mass is 427 g/mol. The van der Waals surface area contributed by atoms with Crippen molar-refractivity contribution in [3.8, 4) is 11.1 Å². The molecule has 7 nitrogen and oxygen atoms in total. The molecule has 1 aromatic carbocycles. The molecule has 1 fully saturated rings. The van der Waals surface area contributed by atoms with E-state index in [-0.39, 0.29) is 5.97 Å². The molecule has 1 amide bonds. The first kappa shape index (κ1) is 23.0. The minimum atomic E-state index is -0.422. The number of carbonyl (C=O) groups is 2. The Balaban J connectivity index is 1.94. The van der Waals surface area contributed by atoms with Crippen LogP contribution in [0.1, 0.15) is 51.9 Å². The summed E-state index contributed by atoms with van der Waals surface area (Å²) in [5.41, 5.74) is 10.7. The molecule has 7 heteroatoms. The van der Waals surface area contributed by atoms with Gasteiger partial charge in [0.15, 0.2) is 0 Å². The van der Waals surface area contributed by atoms with Crippen LogP contribution < -0.4 is 5.73 Å². The molecule has 3 rings (SSSR count). The fourth-order valence-electron chi connectivity index (χ4n) is 4.38. The summed E-state index contributed by atoms with van der Waals surface area (Å²) < 4.78 is 12.5. The van der Waals surface area contributed by atoms with Crippen LogP contribution in [0.2, 0.25) is 0 Å². The molecular weight excluding hydrogens is 394 g/mol. The highest BCUT2D eigenvalue weighted by Gasteiger charge is 2.24. The Labute approximate surface area is 184 Å². The lowest BCUT2D eigenvalue weighted by atomic mass is 9.97. The molecule has 1 aromatic heterocycles. The van der Waals surface area contributed by atoms with Gasteiger partial charge in [-0.25, -0.2) is 4.79 Å². The lowest BCUT2D eigenvalue weighted by Crippen LogP contribution is -2.37. The van der Waals surface area contributed by atoms with Crippen LogP contribution in [0.3, 0.4) is 0 Å². The van der Waals surface area contributed by atoms with Crippen molar-refractivity contribution in [1.29, 1.82) is 0 Å². The first-order valence-corrected chi connectivity index (χ1v) is 11.0. The Bertz CT molecular complexity index is 912. The van der Waals surface area contributed by atoms with E-state index in [1.54, 1.807) is 12.1 Å². The number of hydrogen-bond donors (Lipinski definition) is 1. The number of aromatic nitrogens is 1. The van der Waals surface area contributed by atoms with Crippen molar-refractivity contribution in [1.82, 2.24) is 9.47 Å². The van der Waals surface area contributed by atoms with E-state index in [0.29, 0.717) is 11.1 Å². The smallest absolute Gasteiger partial charge is 0.337 e. The summed E-state index contributed by atoms with van der Waals surface area (Å²) in [5, 5.41) is 0. The number of benzene rings is 1. The summed E-state index contributed by atoms with van der Waals surface area (Å²) in [6, 6.07) is 7.19. The zero-order valence-electron chi connectivity index (χ0n) is 18.8. The minimum Gasteiger partial charge on any atom is -0.465 e. The molecule has 168 valence electrons. The highest BCUT2D eigenvalue weighted by molar-refractivity contribution is 6.02. The molecule has 31 heavy (non-hydrogen) atoms. The van der Waals surface area contributed by atoms with E-state index in [9.17, 15) is 9.59 Å². The molecule has 2 N–H and O–H groups in total. The number of hydrogen-bond acceptors (Lipinski definition) is 5. The molecule has 0 unspecified atom stereocenters. The van der Waals surface area contributed by atoms with Gasteiger partial charge in [-0.2, -0.15) is 0 Å². The van der Waals surface area contributed by atoms with Crippen LogP contribution in [0.25, 0.3) is 11.1 Å². The third-order valence-corrected chi connectivity index (χ3v) is 5.92. The average molecular weight is 428 g/mol. The molecule has 2 aromatic rings. The van der Waals surface area contributed by atoms with Crippen LogP contribution >= 0.6 is 0 Å². The quantitative estimate of drug-likeness (QED) is 0.622. The number of esters is 1. The third kappa shape index (κ3) is 5.17. The Morgan fingerprint density at radius 1 is 1.13 bits per heavy atom. The maximum atomic E-state index is 12.4. The molecular formula is C24H33N3O4. The van der Waals surface area contributed by atoms with Crippen molar-refractivity contribution in [2.45, 2.75) is 39.7 Å². The fourth-order valence-corrected chi connectivity index (χ4v) is 4.38. The zero-order chi connectivity index (χ0) is 22.4. The van der Waals surface area contributed by atoms with Gasteiger partial charge in [-0.1, -0.05) is 25.5 Å². The highest BCUT2D eigenvalue weighted by Crippen LogP contribution is 2.34. The molecule has 0 saturated carbocycles. The largest absolute Gasteiger partial charge is 0.465 e. The van der Waals surface area contributed by atoms with Gasteiger partial charge in [0.1, 0.15) is 0 Å². The van der Waals surface area contributed by atoms with Gasteiger partial charge in [-0.05, 0) is 37.5 Å². The van der Waals surface area contributed by atoms with Crippen molar-refractivity contribution < 1.29 is 19.1 Å². The van der Waals surface area contributed by atoms with Crippen molar-refractivity contribution in [2.75, 3.05) is 40.0 Å². The molecule has 0 spiro atoms. The van der Waals surface area contributed by atoms with Gasteiger partial charge in [-0.15, -0.1) is 0 Å². The van der Waals surface area contributed by atoms with Crippen LogP contribution in [0.4, 0.5) is 0 Å². The van der Waals surface area contributed by atoms with E-state index in [0.717, 1.165) is 81.2 Å². The number of morpholine rings is 1. The third-order valence-electron chi connectivity index (χ3n) is 5.92. The van der Waals surface area contributed by atoms with E-state index in [4.69, 9.17) is 15.2 Å². The first-order chi connectivity index (χ1) is 15.0. The first-order valence-electron chi connectivity index (χ1n) is 11.0. The lowest BCUT2D eigenvalue weighted by Gasteiger charge is -2.26. The predicted molar refractivity (Wildman–Crippen MR) is 120 cm³/mol. The van der Waals surface area contributed by atoms with E-state index >= 15 is 0 Å². The average Bonchev–Trinajstić information content (AvgIpc) is 3.06. The molecule has 0 atom stereocenters. The summed E-state index contributed by atoms with van der Waals surface area (Å²) in [5.74, 6) is -0.804. The van der Waals surface area contributed by atoms with Gasteiger partial charge in [0.05, 0.1) is 31.5 Å². The highest BCUT2D eigenvalue weighted by atomic mass is 16.5. The molecule has 1 saturated heterocycles. The maximum Gasteiger partial charge on any atom is 0.337 e. The maximum absolute atomic E-state index is 12.4. The van der Waals surface area contributed by atoms with Crippen LogP contribution in [-0.2, 0) is 22.4 Å². The summed E-state index contributed by atoms with van der Waals surface area (Å²) in [6.07, 6.45) is 2.79. The van der Waals surface area contributed by atoms with Crippen LogP contribution in [0, 0.1) is 6.92 Å². The number of amides is 1. The number of carbonyl (C=O) groups excluding carboxylic acids is 2. The Hall–Kier alpha value is -2.64. The number of nitrogens with two attached hydrogens (primary N) is 1. The molecule has 0 bridgehead atoms. The molecule has 1 aliphatic rings. The van der Waals surface area contributed by atoms with E-state index in [1.165, 1.54) is 7.11 Å². The number of primary amides is 1. The van der Waals surface area contributed by atoms with E-state index in [2.05, 4.69) is 16.4 Å². The molecule has 1 aliphatic heterocycles. The van der Waals surface area contributed by atoms with Crippen LogP contribution in [0.5, 0.6) is 0 Å². The molecule has 2 heterocycles. The van der Waals surface area contributed by atoms with Gasteiger partial charge in [0.25, 0.3) is 5.91 Å². The fraction of sp³-hybridized carbons (Fsp3) is 0.500. The summed E-state index contributed by atoms with van der Waals surface area (Å²) in [4.78, 5) is 26.7. The Kier molecular flexibility index (Phi) is 7.87. The normalized spacial score (nSPS) is 14.5. The van der Waals surface area contributed by atoms with Gasteiger partial charge in [0.2, 0.25) is 0 Å². The van der Waals surface area contributed by atoms with Gasteiger partial charge in [-0.3, -0.25) is 9.69 Å². The Morgan fingerprint density at radius 2 is 1.81 bits per heavy atom. The number of methoxy groups -OCH3 is 1. The molecule has 0 radical (unpaired) electrons. The van der Waals surface area contributed by atoms with Crippen LogP contribution in [0.15, 0.2) is 24.3 Å². The van der Waals surface area contributed by atoms with Gasteiger partial charge in [0, 0.05) is 43.1 Å². The second-order valence-electron chi connectivity index (χ2n) is 7.92. The lowest BCUT2D eigenvalue weighted by molar-refractivity contribution is 0.0369. The minimum absolute atomic E-state index is 0.382. The second-order valence-corrected chi connectivity index (χ2v) is 7.92. The second kappa shape index (κ2) is 10.6. The van der Waals surface area contributed by atoms with Gasteiger partial charge < -0.3 is 19.8 Å². The van der Waals surface area contributed by atoms with Crippen molar-refractivity contribution >= 4 is 11.9 Å². The number of nitrogens with zero attached hydrogens (tertiary/aromatic N) is 2. The summed E-state index contributed by atoms with van der Waals surface area (Å²) in [6.45, 7) is 9.46. The number of rotatable bonds is 9. The van der Waals surface area contributed by atoms with Crippen molar-refractivity contribution in [3.63, 3.8) is 0 Å². The SMILES string of the molecule is CCCc1c(-c2ccc(C(=O)OC)cc2)c(C(N)=O)c(C)n1CCCN1CCOCC1. The van der Waals surface area contributed by atoms with Gasteiger partial charge >= 0.3 is 5.97 Å². The van der Waals surface area contributed by atoms with Crippen molar-refractivity contribution in [2.24, 2.45) is 5.73 Å².